The number of nitrogens with one attached hydrogen (secondary N) is 1. The molecule has 0 aliphatic heterocycles. The Morgan fingerprint density at radius 3 is 1.50 bits per heavy atom. The summed E-state index contributed by atoms with van der Waals surface area (Å²) in [7, 11) is 0. The van der Waals surface area contributed by atoms with Crippen molar-refractivity contribution >= 4 is 24.2 Å². The van der Waals surface area contributed by atoms with Gasteiger partial charge in [-0.2, -0.15) is 0 Å². The van der Waals surface area contributed by atoms with Gasteiger partial charge in [0.15, 0.2) is 0 Å². The zero-order valence-electron chi connectivity index (χ0n) is 29.5. The molecule has 44 heavy (non-hydrogen) atoms. The maximum Gasteiger partial charge on any atom is 0.410 e. The number of nitrogens with two attached hydrogens (primary N) is 1. The molecule has 0 rings (SSSR count). The largest absolute Gasteiger partial charge is 0.458 e. The minimum absolute atomic E-state index is 0.318. The van der Waals surface area contributed by atoms with Crippen LogP contribution in [0.15, 0.2) is 0 Å². The predicted octanol–water partition coefficient (Wildman–Crippen LogP) is 4.37. The number of ether oxygens (including phenoxy) is 4. The van der Waals surface area contributed by atoms with Crippen molar-refractivity contribution in [1.82, 2.24) is 20.0 Å². The molecule has 0 aliphatic carbocycles. The van der Waals surface area contributed by atoms with E-state index in [-0.39, 0.29) is 5.97 Å². The molecule has 0 unspecified atom stereocenters. The molecule has 0 aromatic carbocycles. The molecule has 0 heterocycles. The summed E-state index contributed by atoms with van der Waals surface area (Å²) in [5, 5.41) is 2.71. The first-order chi connectivity index (χ1) is 19.9. The van der Waals surface area contributed by atoms with E-state index in [0.717, 1.165) is 0 Å². The molecule has 3 N–H and O–H groups in total. The number of rotatable bonds is 16. The van der Waals surface area contributed by atoms with Crippen LogP contribution in [-0.4, -0.2) is 120 Å². The molecule has 0 aromatic rings. The Morgan fingerprint density at radius 1 is 0.614 bits per heavy atom. The van der Waals surface area contributed by atoms with Crippen molar-refractivity contribution in [2.45, 2.75) is 118 Å². The zero-order valence-corrected chi connectivity index (χ0v) is 29.5. The number of carbonyl (C=O) groups is 4. The zero-order chi connectivity index (χ0) is 34.4. The second kappa shape index (κ2) is 18.2. The lowest BCUT2D eigenvalue weighted by Gasteiger charge is -2.34. The Bertz CT molecular complexity index is 906. The van der Waals surface area contributed by atoms with Crippen molar-refractivity contribution in [3.8, 4) is 0 Å². The summed E-state index contributed by atoms with van der Waals surface area (Å²) in [5.41, 5.74) is 3.14. The minimum Gasteiger partial charge on any atom is -0.458 e. The Morgan fingerprint density at radius 2 is 1.07 bits per heavy atom. The molecule has 0 aromatic heterocycles. The fraction of sp³-hybridized carbons (Fsp3) is 0.871. The van der Waals surface area contributed by atoms with Crippen LogP contribution in [0.3, 0.4) is 0 Å². The van der Waals surface area contributed by atoms with Crippen LogP contribution in [0.2, 0.25) is 0 Å². The number of hydrogen-bond acceptors (Lipinski definition) is 10. The third-order valence-corrected chi connectivity index (χ3v) is 5.59. The van der Waals surface area contributed by atoms with E-state index in [4.69, 9.17) is 24.7 Å². The number of amides is 3. The summed E-state index contributed by atoms with van der Waals surface area (Å²) in [4.78, 5) is 54.9. The van der Waals surface area contributed by atoms with Crippen molar-refractivity contribution < 1.29 is 38.1 Å². The van der Waals surface area contributed by atoms with Crippen LogP contribution in [0, 0.1) is 0 Å². The number of esters is 1. The van der Waals surface area contributed by atoms with Crippen molar-refractivity contribution in [2.24, 2.45) is 5.73 Å². The van der Waals surface area contributed by atoms with Gasteiger partial charge < -0.3 is 39.8 Å². The Kier molecular flexibility index (Phi) is 17.1. The van der Waals surface area contributed by atoms with Gasteiger partial charge in [0, 0.05) is 65.8 Å². The molecular formula is C31H61N5O8. The quantitative estimate of drug-likeness (QED) is 0.143. The summed E-state index contributed by atoms with van der Waals surface area (Å²) in [6.07, 6.45) is -0.502. The molecule has 13 nitrogen and oxygen atoms in total. The predicted molar refractivity (Wildman–Crippen MR) is 170 cm³/mol. The molecule has 0 fully saturated rings. The van der Waals surface area contributed by atoms with Crippen LogP contribution in [0.4, 0.5) is 14.4 Å². The van der Waals surface area contributed by atoms with Gasteiger partial charge in [0.1, 0.15) is 22.4 Å². The number of alkyl carbamates (subject to hydrolysis) is 1. The highest BCUT2D eigenvalue weighted by atomic mass is 16.6. The van der Waals surface area contributed by atoms with Gasteiger partial charge in [-0.25, -0.2) is 14.4 Å². The van der Waals surface area contributed by atoms with Crippen LogP contribution in [0.1, 0.15) is 95.9 Å². The summed E-state index contributed by atoms with van der Waals surface area (Å²) in [5.74, 6) is -0.367. The highest BCUT2D eigenvalue weighted by molar-refractivity contribution is 5.69. The van der Waals surface area contributed by atoms with Gasteiger partial charge in [-0.3, -0.25) is 9.69 Å². The maximum absolute atomic E-state index is 13.2. The van der Waals surface area contributed by atoms with E-state index in [1.165, 1.54) is 6.92 Å². The monoisotopic (exact) mass is 631 g/mol. The fourth-order valence-corrected chi connectivity index (χ4v) is 4.14. The molecule has 0 radical (unpaired) electrons. The topological polar surface area (TPSA) is 153 Å². The summed E-state index contributed by atoms with van der Waals surface area (Å²) < 4.78 is 22.0. The van der Waals surface area contributed by atoms with Gasteiger partial charge in [-0.05, 0) is 89.0 Å². The standard InChI is InChI=1S/C31H61N5O8/c1-24(37)41-31(11,12)23-34(20-15-32)21-22-36(27(40)44-30(8,9)10)19-14-18-35(26(39)43-29(5,6)7)17-13-16-33-25(38)42-28(2,3)4/h13-23,32H2,1-12H3,(H,33,38). The van der Waals surface area contributed by atoms with Gasteiger partial charge in [-0.1, -0.05) is 0 Å². The molecule has 0 saturated heterocycles. The summed E-state index contributed by atoms with van der Waals surface area (Å²) in [6.45, 7) is 24.7. The second-order valence-electron chi connectivity index (χ2n) is 14.5. The van der Waals surface area contributed by atoms with Crippen molar-refractivity contribution in [3.05, 3.63) is 0 Å². The highest BCUT2D eigenvalue weighted by Crippen LogP contribution is 2.15. The average Bonchev–Trinajstić information content (AvgIpc) is 2.77. The molecule has 0 atom stereocenters. The molecule has 13 heteroatoms. The van der Waals surface area contributed by atoms with Gasteiger partial charge in [0.05, 0.1) is 0 Å². The van der Waals surface area contributed by atoms with Gasteiger partial charge in [-0.15, -0.1) is 0 Å². The van der Waals surface area contributed by atoms with Crippen molar-refractivity contribution in [2.75, 3.05) is 58.9 Å². The van der Waals surface area contributed by atoms with Crippen LogP contribution < -0.4 is 11.1 Å². The third kappa shape index (κ3) is 21.8. The SMILES string of the molecule is CC(=O)OC(C)(C)CN(CCN)CCN(CCCN(CCCNC(=O)OC(C)(C)C)C(=O)OC(C)(C)C)C(=O)OC(C)(C)C. The normalized spacial score (nSPS) is 12.4. The average molecular weight is 632 g/mol. The lowest BCUT2D eigenvalue weighted by molar-refractivity contribution is -0.155. The molecule has 0 aliphatic rings. The number of nitrogens with zero attached hydrogens (tertiary/aromatic N) is 3. The first-order valence-corrected chi connectivity index (χ1v) is 15.5. The molecule has 0 saturated carbocycles. The molecule has 258 valence electrons. The third-order valence-electron chi connectivity index (χ3n) is 5.59. The summed E-state index contributed by atoms with van der Waals surface area (Å²) >= 11 is 0. The Labute approximate surface area is 265 Å². The first kappa shape index (κ1) is 41.2. The maximum atomic E-state index is 13.2. The fourth-order valence-electron chi connectivity index (χ4n) is 4.14. The van der Waals surface area contributed by atoms with Crippen LogP contribution >= 0.6 is 0 Å². The van der Waals surface area contributed by atoms with E-state index in [1.807, 2.05) is 18.7 Å². The molecule has 0 spiro atoms. The van der Waals surface area contributed by atoms with Crippen LogP contribution in [0.25, 0.3) is 0 Å². The van der Waals surface area contributed by atoms with Gasteiger partial charge in [0.25, 0.3) is 0 Å². The lowest BCUT2D eigenvalue weighted by Crippen LogP contribution is -2.48. The Balaban J connectivity index is 5.50. The molecule has 3 amide bonds. The second-order valence-corrected chi connectivity index (χ2v) is 14.5. The Hall–Kier alpha value is -2.80. The first-order valence-electron chi connectivity index (χ1n) is 15.5. The van der Waals surface area contributed by atoms with Crippen molar-refractivity contribution in [3.63, 3.8) is 0 Å². The highest BCUT2D eigenvalue weighted by Gasteiger charge is 2.28. The summed E-state index contributed by atoms with van der Waals surface area (Å²) in [6, 6.07) is 0. The van der Waals surface area contributed by atoms with E-state index in [9.17, 15) is 19.2 Å². The van der Waals surface area contributed by atoms with E-state index in [1.54, 1.807) is 72.1 Å². The van der Waals surface area contributed by atoms with Gasteiger partial charge >= 0.3 is 24.2 Å². The van der Waals surface area contributed by atoms with E-state index < -0.39 is 40.7 Å². The van der Waals surface area contributed by atoms with E-state index >= 15 is 0 Å². The van der Waals surface area contributed by atoms with Crippen LogP contribution in [-0.2, 0) is 23.7 Å². The van der Waals surface area contributed by atoms with E-state index in [0.29, 0.717) is 71.7 Å². The van der Waals surface area contributed by atoms with Crippen LogP contribution in [0.5, 0.6) is 0 Å². The van der Waals surface area contributed by atoms with Crippen molar-refractivity contribution in [1.29, 1.82) is 0 Å². The minimum atomic E-state index is -0.732. The smallest absolute Gasteiger partial charge is 0.410 e. The number of hydrogen-bond donors (Lipinski definition) is 2. The molecular weight excluding hydrogens is 570 g/mol. The number of carbonyl (C=O) groups excluding carboxylic acids is 4. The van der Waals surface area contributed by atoms with Gasteiger partial charge in [0.2, 0.25) is 0 Å². The lowest BCUT2D eigenvalue weighted by atomic mass is 10.1. The van der Waals surface area contributed by atoms with E-state index in [2.05, 4.69) is 5.32 Å². The molecule has 0 bridgehead atoms.